The highest BCUT2D eigenvalue weighted by Gasteiger charge is 2.44. The second-order valence-corrected chi connectivity index (χ2v) is 13.3. The van der Waals surface area contributed by atoms with E-state index in [1.807, 2.05) is 54.6 Å². The van der Waals surface area contributed by atoms with Gasteiger partial charge in [-0.25, -0.2) is 4.31 Å². The fourth-order valence-electron chi connectivity index (χ4n) is 5.72. The Morgan fingerprint density at radius 1 is 0.870 bits per heavy atom. The number of hydrogen-bond acceptors (Lipinski definition) is 7. The third-order valence-electron chi connectivity index (χ3n) is 8.51. The molecule has 1 aliphatic carbocycles. The molecule has 1 heterocycles. The zero-order valence-electron chi connectivity index (χ0n) is 26.5. The topological polar surface area (TPSA) is 68.0 Å². The number of likely N-dealkylation sites (N-methyl/N-ethyl adjacent to an activating group) is 1. The molecule has 1 aliphatic heterocycles. The Hall–Kier alpha value is -3.50. The maximum absolute atomic E-state index is 15.5. The standard InChI is InChI=1S/C31H29F2NO3S.C6H14N2/c1-34(38-29-18-12-22-19-28(15-11-23(22)20-29)37-26-9-5-6-10-26)30(21-35)31(32,33)24-13-16-27(17-14-24)36-25-7-3-2-4-8-25;1-8-4-2-6(7)3-5-8/h2-4,7-8,11-21,26,30H,5-6,9-10H2,1H3;6H,2-5,7H2,1H3. The van der Waals surface area contributed by atoms with E-state index in [0.29, 0.717) is 23.8 Å². The number of piperidine rings is 1. The first-order valence-corrected chi connectivity index (χ1v) is 16.7. The molecular weight excluding hydrogens is 604 g/mol. The van der Waals surface area contributed by atoms with Crippen LogP contribution in [0.4, 0.5) is 8.78 Å². The molecule has 244 valence electrons. The van der Waals surface area contributed by atoms with Crippen LogP contribution in [-0.4, -0.2) is 60.9 Å². The van der Waals surface area contributed by atoms with Crippen LogP contribution in [0.2, 0.25) is 0 Å². The van der Waals surface area contributed by atoms with Crippen LogP contribution in [0.3, 0.4) is 0 Å². The van der Waals surface area contributed by atoms with E-state index in [1.165, 1.54) is 74.4 Å². The summed E-state index contributed by atoms with van der Waals surface area (Å²) in [4.78, 5) is 15.0. The van der Waals surface area contributed by atoms with Crippen LogP contribution >= 0.6 is 11.9 Å². The molecular formula is C37H43F2N3O3S. The minimum atomic E-state index is -3.40. The van der Waals surface area contributed by atoms with Crippen molar-refractivity contribution in [2.24, 2.45) is 5.73 Å². The number of likely N-dealkylation sites (tertiary alicyclic amines) is 1. The minimum absolute atomic E-state index is 0.254. The molecule has 0 amide bonds. The van der Waals surface area contributed by atoms with E-state index in [2.05, 4.69) is 11.9 Å². The maximum atomic E-state index is 15.5. The minimum Gasteiger partial charge on any atom is -0.490 e. The summed E-state index contributed by atoms with van der Waals surface area (Å²) in [6.07, 6.45) is 7.54. The van der Waals surface area contributed by atoms with Crippen molar-refractivity contribution in [2.45, 2.75) is 67.5 Å². The summed E-state index contributed by atoms with van der Waals surface area (Å²) in [6.45, 7) is 2.36. The quantitative estimate of drug-likeness (QED) is 0.137. The van der Waals surface area contributed by atoms with Crippen molar-refractivity contribution in [1.29, 1.82) is 0 Å². The van der Waals surface area contributed by atoms with Crippen molar-refractivity contribution >= 4 is 29.0 Å². The Labute approximate surface area is 275 Å². The highest BCUT2D eigenvalue weighted by Crippen LogP contribution is 2.39. The van der Waals surface area contributed by atoms with Gasteiger partial charge in [0.15, 0.2) is 0 Å². The second kappa shape index (κ2) is 15.9. The first-order valence-electron chi connectivity index (χ1n) is 15.9. The highest BCUT2D eigenvalue weighted by atomic mass is 32.2. The van der Waals surface area contributed by atoms with Gasteiger partial charge in [0.05, 0.1) is 6.10 Å². The number of halogens is 2. The number of para-hydroxylation sites is 1. The summed E-state index contributed by atoms with van der Waals surface area (Å²) >= 11 is 1.11. The molecule has 1 saturated carbocycles. The molecule has 0 radical (unpaired) electrons. The predicted octanol–water partition coefficient (Wildman–Crippen LogP) is 8.29. The summed E-state index contributed by atoms with van der Waals surface area (Å²) in [5, 5.41) is 1.99. The van der Waals surface area contributed by atoms with Gasteiger partial charge in [-0.2, -0.15) is 8.78 Å². The van der Waals surface area contributed by atoms with E-state index in [9.17, 15) is 4.79 Å². The number of carbonyl (C=O) groups excluding carboxylic acids is 1. The SMILES string of the molecule is CN(Sc1ccc2cc(OC3CCCC3)ccc2c1)C(C=O)C(F)(F)c1ccc(Oc2ccccc2)cc1.CN1CCC(N)CC1. The van der Waals surface area contributed by atoms with E-state index in [0.717, 1.165) is 46.2 Å². The molecule has 1 atom stereocenters. The first-order chi connectivity index (χ1) is 22.2. The summed E-state index contributed by atoms with van der Waals surface area (Å²) in [7, 11) is 3.65. The average Bonchev–Trinajstić information content (AvgIpc) is 3.57. The summed E-state index contributed by atoms with van der Waals surface area (Å²) in [6, 6.07) is 25.2. The Morgan fingerprint density at radius 2 is 1.48 bits per heavy atom. The number of aldehydes is 1. The van der Waals surface area contributed by atoms with E-state index in [-0.39, 0.29) is 11.7 Å². The van der Waals surface area contributed by atoms with Crippen LogP contribution in [0, 0.1) is 0 Å². The molecule has 2 fully saturated rings. The largest absolute Gasteiger partial charge is 0.490 e. The average molecular weight is 648 g/mol. The monoisotopic (exact) mass is 647 g/mol. The number of fused-ring (bicyclic) bond motifs is 1. The fraction of sp³-hybridized carbons (Fsp3) is 0.378. The molecule has 1 unspecified atom stereocenters. The van der Waals surface area contributed by atoms with Gasteiger partial charge in [-0.05, 0) is 149 Å². The smallest absolute Gasteiger partial charge is 0.296 e. The Bertz CT molecular complexity index is 1530. The normalized spacial score (nSPS) is 17.0. The molecule has 0 bridgehead atoms. The van der Waals surface area contributed by atoms with Crippen LogP contribution in [0.15, 0.2) is 95.9 Å². The number of nitrogens with zero attached hydrogens (tertiary/aromatic N) is 2. The van der Waals surface area contributed by atoms with Crippen molar-refractivity contribution < 1.29 is 23.0 Å². The van der Waals surface area contributed by atoms with Crippen LogP contribution in [0.5, 0.6) is 17.2 Å². The van der Waals surface area contributed by atoms with Crippen LogP contribution < -0.4 is 15.2 Å². The van der Waals surface area contributed by atoms with Gasteiger partial charge in [0.1, 0.15) is 29.6 Å². The van der Waals surface area contributed by atoms with Crippen molar-refractivity contribution in [3.05, 3.63) is 96.6 Å². The van der Waals surface area contributed by atoms with E-state index >= 15 is 8.78 Å². The van der Waals surface area contributed by atoms with Gasteiger partial charge in [0.25, 0.3) is 5.92 Å². The molecule has 2 N–H and O–H groups in total. The summed E-state index contributed by atoms with van der Waals surface area (Å²) in [5.41, 5.74) is 5.42. The predicted molar refractivity (Wildman–Crippen MR) is 182 cm³/mol. The molecule has 6 nitrogen and oxygen atoms in total. The molecule has 2 aliphatic rings. The van der Waals surface area contributed by atoms with E-state index in [1.54, 1.807) is 12.1 Å². The summed E-state index contributed by atoms with van der Waals surface area (Å²) in [5.74, 6) is -1.50. The second-order valence-electron chi connectivity index (χ2n) is 12.1. The molecule has 6 rings (SSSR count). The van der Waals surface area contributed by atoms with Gasteiger partial charge in [0, 0.05) is 16.5 Å². The maximum Gasteiger partial charge on any atom is 0.296 e. The van der Waals surface area contributed by atoms with Crippen molar-refractivity contribution in [3.8, 4) is 17.2 Å². The fourth-order valence-corrected chi connectivity index (χ4v) is 6.66. The first kappa shape index (κ1) is 33.9. The zero-order chi connectivity index (χ0) is 32.5. The van der Waals surface area contributed by atoms with Gasteiger partial charge in [0.2, 0.25) is 0 Å². The van der Waals surface area contributed by atoms with Gasteiger partial charge < -0.3 is 24.9 Å². The lowest BCUT2D eigenvalue weighted by molar-refractivity contribution is -0.124. The van der Waals surface area contributed by atoms with Gasteiger partial charge in [-0.15, -0.1) is 0 Å². The van der Waals surface area contributed by atoms with Gasteiger partial charge >= 0.3 is 0 Å². The third-order valence-corrected chi connectivity index (χ3v) is 9.49. The number of nitrogens with two attached hydrogens (primary N) is 1. The third kappa shape index (κ3) is 9.06. The number of rotatable bonds is 10. The Morgan fingerprint density at radius 3 is 2.13 bits per heavy atom. The highest BCUT2D eigenvalue weighted by molar-refractivity contribution is 7.97. The number of ether oxygens (including phenoxy) is 2. The molecule has 0 spiro atoms. The number of hydrogen-bond donors (Lipinski definition) is 1. The molecule has 0 aromatic heterocycles. The Kier molecular flexibility index (Phi) is 11.7. The molecule has 1 saturated heterocycles. The van der Waals surface area contributed by atoms with Gasteiger partial charge in [-0.3, -0.25) is 0 Å². The molecule has 9 heteroatoms. The number of alkyl halides is 2. The lowest BCUT2D eigenvalue weighted by Crippen LogP contribution is -2.42. The lowest BCUT2D eigenvalue weighted by atomic mass is 10.0. The van der Waals surface area contributed by atoms with E-state index in [4.69, 9.17) is 15.2 Å². The van der Waals surface area contributed by atoms with Crippen LogP contribution in [0.1, 0.15) is 44.1 Å². The van der Waals surface area contributed by atoms with Crippen molar-refractivity contribution in [2.75, 3.05) is 27.2 Å². The lowest BCUT2D eigenvalue weighted by Gasteiger charge is -2.30. The number of benzene rings is 4. The van der Waals surface area contributed by atoms with E-state index < -0.39 is 12.0 Å². The molecule has 4 aromatic carbocycles. The summed E-state index contributed by atoms with van der Waals surface area (Å²) < 4.78 is 44.0. The zero-order valence-corrected chi connectivity index (χ0v) is 27.3. The van der Waals surface area contributed by atoms with Crippen LogP contribution in [0.25, 0.3) is 10.8 Å². The van der Waals surface area contributed by atoms with Crippen LogP contribution in [-0.2, 0) is 10.7 Å². The molecule has 4 aromatic rings. The Balaban J connectivity index is 0.000000455. The number of carbonyl (C=O) groups is 1. The van der Waals surface area contributed by atoms with Gasteiger partial charge in [-0.1, -0.05) is 30.3 Å². The van der Waals surface area contributed by atoms with Crippen molar-refractivity contribution in [1.82, 2.24) is 9.21 Å². The molecule has 46 heavy (non-hydrogen) atoms. The van der Waals surface area contributed by atoms with Crippen molar-refractivity contribution in [3.63, 3.8) is 0 Å².